The van der Waals surface area contributed by atoms with Crippen molar-refractivity contribution in [2.75, 3.05) is 6.54 Å². The van der Waals surface area contributed by atoms with Crippen LogP contribution in [0.3, 0.4) is 0 Å². The van der Waals surface area contributed by atoms with Gasteiger partial charge in [0.25, 0.3) is 0 Å². The minimum absolute atomic E-state index is 0.408. The van der Waals surface area contributed by atoms with Crippen LogP contribution in [0.15, 0.2) is 6.33 Å². The number of hydrogen-bond acceptors (Lipinski definition) is 3. The Morgan fingerprint density at radius 2 is 2.11 bits per heavy atom. The van der Waals surface area contributed by atoms with Crippen molar-refractivity contribution in [2.45, 2.75) is 58.0 Å². The highest BCUT2D eigenvalue weighted by atomic mass is 35.5. The van der Waals surface area contributed by atoms with Crippen molar-refractivity contribution in [3.63, 3.8) is 0 Å². The smallest absolute Gasteiger partial charge is 0.140 e. The van der Waals surface area contributed by atoms with Gasteiger partial charge >= 0.3 is 0 Å². The number of nitrogens with zero attached hydrogens (tertiary/aromatic N) is 3. The molecular formula is C14H25ClN4. The normalized spacial score (nSPS) is 24.0. The van der Waals surface area contributed by atoms with E-state index in [1.54, 1.807) is 6.33 Å². The van der Waals surface area contributed by atoms with Crippen LogP contribution in [-0.4, -0.2) is 26.7 Å². The molecule has 0 aromatic carbocycles. The third-order valence-electron chi connectivity index (χ3n) is 3.73. The lowest BCUT2D eigenvalue weighted by molar-refractivity contribution is 0.342. The average Bonchev–Trinajstić information content (AvgIpc) is 2.78. The lowest BCUT2D eigenvalue weighted by Gasteiger charge is -2.25. The van der Waals surface area contributed by atoms with E-state index in [-0.39, 0.29) is 0 Å². The first-order chi connectivity index (χ1) is 9.15. The maximum absolute atomic E-state index is 6.12. The molecule has 0 radical (unpaired) electrons. The second-order valence-electron chi connectivity index (χ2n) is 6.00. The highest BCUT2D eigenvalue weighted by molar-refractivity contribution is 6.20. The maximum Gasteiger partial charge on any atom is 0.140 e. The van der Waals surface area contributed by atoms with Crippen molar-refractivity contribution in [1.29, 1.82) is 0 Å². The van der Waals surface area contributed by atoms with Crippen molar-refractivity contribution in [3.8, 4) is 0 Å². The van der Waals surface area contributed by atoms with Gasteiger partial charge < -0.3 is 5.32 Å². The molecule has 2 rings (SSSR count). The summed E-state index contributed by atoms with van der Waals surface area (Å²) in [4.78, 5) is 4.33. The Hall–Kier alpha value is -0.610. The highest BCUT2D eigenvalue weighted by Gasteiger charge is 2.19. The van der Waals surface area contributed by atoms with Crippen LogP contribution in [0.4, 0.5) is 0 Å². The second-order valence-corrected chi connectivity index (χ2v) is 6.62. The van der Waals surface area contributed by atoms with Gasteiger partial charge in [-0.05, 0) is 44.1 Å². The molecule has 1 N–H and O–H groups in total. The van der Waals surface area contributed by atoms with Crippen LogP contribution in [0.5, 0.6) is 0 Å². The maximum atomic E-state index is 6.12. The second kappa shape index (κ2) is 7.25. The zero-order valence-electron chi connectivity index (χ0n) is 12.0. The standard InChI is InChI=1S/C14H25ClN4/c1-11(2)9-19-14(17-10-18-19)8-16-7-12-3-5-13(15)6-4-12/h10-13,16H,3-9H2,1-2H3. The molecule has 4 nitrogen and oxygen atoms in total. The fourth-order valence-electron chi connectivity index (χ4n) is 2.64. The summed E-state index contributed by atoms with van der Waals surface area (Å²) in [5.74, 6) is 2.41. The molecule has 0 amide bonds. The van der Waals surface area contributed by atoms with E-state index in [0.717, 1.165) is 44.2 Å². The van der Waals surface area contributed by atoms with E-state index in [1.165, 1.54) is 12.8 Å². The molecule has 108 valence electrons. The van der Waals surface area contributed by atoms with Gasteiger partial charge in [-0.1, -0.05) is 13.8 Å². The van der Waals surface area contributed by atoms with Gasteiger partial charge in [0.15, 0.2) is 0 Å². The number of nitrogens with one attached hydrogen (secondary N) is 1. The fourth-order valence-corrected chi connectivity index (χ4v) is 2.89. The van der Waals surface area contributed by atoms with Gasteiger partial charge in [-0.3, -0.25) is 0 Å². The molecule has 0 spiro atoms. The van der Waals surface area contributed by atoms with Crippen LogP contribution in [-0.2, 0) is 13.1 Å². The third-order valence-corrected chi connectivity index (χ3v) is 4.16. The summed E-state index contributed by atoms with van der Waals surface area (Å²) in [5.41, 5.74) is 0. The first-order valence-electron chi connectivity index (χ1n) is 7.36. The molecule has 1 aliphatic rings. The van der Waals surface area contributed by atoms with Crippen molar-refractivity contribution < 1.29 is 0 Å². The molecule has 1 aliphatic carbocycles. The zero-order valence-corrected chi connectivity index (χ0v) is 12.7. The van der Waals surface area contributed by atoms with E-state index in [9.17, 15) is 0 Å². The molecule has 5 heteroatoms. The van der Waals surface area contributed by atoms with Gasteiger partial charge in [-0.15, -0.1) is 11.6 Å². The number of aromatic nitrogens is 3. The monoisotopic (exact) mass is 284 g/mol. The van der Waals surface area contributed by atoms with Crippen LogP contribution in [0, 0.1) is 11.8 Å². The van der Waals surface area contributed by atoms with E-state index in [0.29, 0.717) is 11.3 Å². The van der Waals surface area contributed by atoms with Crippen LogP contribution in [0.1, 0.15) is 45.4 Å². The van der Waals surface area contributed by atoms with E-state index in [4.69, 9.17) is 11.6 Å². The number of halogens is 1. The third kappa shape index (κ3) is 4.77. The zero-order chi connectivity index (χ0) is 13.7. The minimum Gasteiger partial charge on any atom is -0.310 e. The molecule has 1 aromatic heterocycles. The largest absolute Gasteiger partial charge is 0.310 e. The van der Waals surface area contributed by atoms with Crippen LogP contribution in [0.2, 0.25) is 0 Å². The topological polar surface area (TPSA) is 42.7 Å². The van der Waals surface area contributed by atoms with E-state index < -0.39 is 0 Å². The SMILES string of the molecule is CC(C)Cn1ncnc1CNCC1CCC(Cl)CC1. The molecule has 1 aromatic rings. The summed E-state index contributed by atoms with van der Waals surface area (Å²) >= 11 is 6.12. The Kier molecular flexibility index (Phi) is 5.64. The first kappa shape index (κ1) is 14.8. The summed E-state index contributed by atoms with van der Waals surface area (Å²) in [6, 6.07) is 0. The van der Waals surface area contributed by atoms with Crippen molar-refractivity contribution in [3.05, 3.63) is 12.2 Å². The fraction of sp³-hybridized carbons (Fsp3) is 0.857. The molecule has 1 heterocycles. The molecule has 0 atom stereocenters. The number of rotatable bonds is 6. The summed E-state index contributed by atoms with van der Waals surface area (Å²) in [7, 11) is 0. The predicted molar refractivity (Wildman–Crippen MR) is 78.2 cm³/mol. The lowest BCUT2D eigenvalue weighted by Crippen LogP contribution is -2.27. The Morgan fingerprint density at radius 3 is 2.79 bits per heavy atom. The Bertz CT molecular complexity index is 369. The number of alkyl halides is 1. The van der Waals surface area contributed by atoms with E-state index in [1.807, 2.05) is 4.68 Å². The summed E-state index contributed by atoms with van der Waals surface area (Å²) in [5, 5.41) is 8.21. The average molecular weight is 285 g/mol. The van der Waals surface area contributed by atoms with E-state index in [2.05, 4.69) is 29.2 Å². The summed E-state index contributed by atoms with van der Waals surface area (Å²) in [6.07, 6.45) is 6.48. The predicted octanol–water partition coefficient (Wildman–Crippen LogP) is 2.82. The molecule has 0 saturated heterocycles. The Balaban J connectivity index is 1.72. The van der Waals surface area contributed by atoms with E-state index >= 15 is 0 Å². The Morgan fingerprint density at radius 1 is 1.37 bits per heavy atom. The number of hydrogen-bond donors (Lipinski definition) is 1. The molecule has 0 bridgehead atoms. The van der Waals surface area contributed by atoms with Crippen LogP contribution >= 0.6 is 11.6 Å². The van der Waals surface area contributed by atoms with Crippen LogP contribution < -0.4 is 5.32 Å². The Labute approximate surface area is 120 Å². The highest BCUT2D eigenvalue weighted by Crippen LogP contribution is 2.26. The quantitative estimate of drug-likeness (QED) is 0.817. The summed E-state index contributed by atoms with van der Waals surface area (Å²) in [6.45, 7) is 7.22. The lowest BCUT2D eigenvalue weighted by atomic mass is 9.89. The molecular weight excluding hydrogens is 260 g/mol. The van der Waals surface area contributed by atoms with Crippen molar-refractivity contribution in [2.24, 2.45) is 11.8 Å². The molecule has 0 aliphatic heterocycles. The van der Waals surface area contributed by atoms with Gasteiger partial charge in [0.1, 0.15) is 12.2 Å². The molecule has 19 heavy (non-hydrogen) atoms. The van der Waals surface area contributed by atoms with Crippen LogP contribution in [0.25, 0.3) is 0 Å². The van der Waals surface area contributed by atoms with Crippen molar-refractivity contribution in [1.82, 2.24) is 20.1 Å². The van der Waals surface area contributed by atoms with Crippen molar-refractivity contribution >= 4 is 11.6 Å². The summed E-state index contributed by atoms with van der Waals surface area (Å²) < 4.78 is 2.01. The van der Waals surface area contributed by atoms with Gasteiger partial charge in [0, 0.05) is 11.9 Å². The van der Waals surface area contributed by atoms with Gasteiger partial charge in [0.2, 0.25) is 0 Å². The molecule has 1 fully saturated rings. The molecule has 0 unspecified atom stereocenters. The van der Waals surface area contributed by atoms with Gasteiger partial charge in [0.05, 0.1) is 6.54 Å². The minimum atomic E-state index is 0.408. The molecule has 1 saturated carbocycles. The van der Waals surface area contributed by atoms with Gasteiger partial charge in [-0.2, -0.15) is 5.10 Å². The first-order valence-corrected chi connectivity index (χ1v) is 7.80. The van der Waals surface area contributed by atoms with Gasteiger partial charge in [-0.25, -0.2) is 9.67 Å².